The number of benzene rings is 1. The fraction of sp³-hybridized carbons (Fsp3) is 0.526. The first kappa shape index (κ1) is 19.8. The van der Waals surface area contributed by atoms with Gasteiger partial charge in [0.2, 0.25) is 10.0 Å². The van der Waals surface area contributed by atoms with Crippen LogP contribution in [0.1, 0.15) is 45.4 Å². The Hall–Kier alpha value is -1.50. The highest BCUT2D eigenvalue weighted by Gasteiger charge is 2.25. The van der Waals surface area contributed by atoms with Crippen LogP contribution in [0.2, 0.25) is 0 Å². The molecule has 0 aliphatic heterocycles. The predicted molar refractivity (Wildman–Crippen MR) is 103 cm³/mol. The smallest absolute Gasteiger partial charge is 0.243 e. The van der Waals surface area contributed by atoms with Crippen molar-refractivity contribution in [2.75, 3.05) is 19.6 Å². The van der Waals surface area contributed by atoms with E-state index in [9.17, 15) is 8.42 Å². The van der Waals surface area contributed by atoms with Crippen LogP contribution in [0.15, 0.2) is 41.6 Å². The third-order valence-corrected chi connectivity index (χ3v) is 6.34. The number of hydrogen-bond donors (Lipinski definition) is 1. The SMILES string of the molecule is CCCCCCN(CCCCN)S(=O)(=O)c1cccc2cnccc12. The maximum absolute atomic E-state index is 13.3. The molecule has 0 spiro atoms. The van der Waals surface area contributed by atoms with Crippen molar-refractivity contribution < 1.29 is 8.42 Å². The number of sulfonamides is 1. The Morgan fingerprint density at radius 1 is 1.04 bits per heavy atom. The Morgan fingerprint density at radius 3 is 2.52 bits per heavy atom. The first-order chi connectivity index (χ1) is 12.1. The van der Waals surface area contributed by atoms with E-state index in [0.717, 1.165) is 49.3 Å². The molecule has 2 aromatic rings. The number of aromatic nitrogens is 1. The van der Waals surface area contributed by atoms with Gasteiger partial charge in [0.05, 0.1) is 4.90 Å². The lowest BCUT2D eigenvalue weighted by Gasteiger charge is -2.23. The molecule has 0 bridgehead atoms. The van der Waals surface area contributed by atoms with E-state index >= 15 is 0 Å². The molecule has 0 unspecified atom stereocenters. The third kappa shape index (κ3) is 5.23. The molecule has 2 rings (SSSR count). The maximum atomic E-state index is 13.3. The summed E-state index contributed by atoms with van der Waals surface area (Å²) >= 11 is 0. The average Bonchev–Trinajstić information content (AvgIpc) is 2.63. The molecule has 0 amide bonds. The quantitative estimate of drug-likeness (QED) is 0.620. The molecule has 5 nitrogen and oxygen atoms in total. The second kappa shape index (κ2) is 9.85. The molecule has 0 radical (unpaired) electrons. The van der Waals surface area contributed by atoms with E-state index in [0.29, 0.717) is 24.5 Å². The van der Waals surface area contributed by atoms with Crippen LogP contribution in [-0.2, 0) is 10.0 Å². The second-order valence-corrected chi connectivity index (χ2v) is 8.22. The standard InChI is InChI=1S/C19H29N3O2S/c1-2-3-4-6-14-22(15-7-5-12-20)25(23,24)19-10-8-9-17-16-21-13-11-18(17)19/h8-11,13,16H,2-7,12,14-15,20H2,1H3. The van der Waals surface area contributed by atoms with Crippen LogP contribution in [0.5, 0.6) is 0 Å². The van der Waals surface area contributed by atoms with Crippen LogP contribution in [0.3, 0.4) is 0 Å². The molecule has 2 N–H and O–H groups in total. The van der Waals surface area contributed by atoms with Crippen molar-refractivity contribution in [2.24, 2.45) is 5.73 Å². The van der Waals surface area contributed by atoms with Crippen molar-refractivity contribution in [1.82, 2.24) is 9.29 Å². The summed E-state index contributed by atoms with van der Waals surface area (Å²) in [7, 11) is -3.53. The molecular weight excluding hydrogens is 334 g/mol. The Labute approximate surface area is 151 Å². The molecule has 1 heterocycles. The summed E-state index contributed by atoms with van der Waals surface area (Å²) in [4.78, 5) is 4.46. The molecule has 0 saturated heterocycles. The van der Waals surface area contributed by atoms with Crippen molar-refractivity contribution in [1.29, 1.82) is 0 Å². The van der Waals surface area contributed by atoms with Crippen LogP contribution in [0, 0.1) is 0 Å². The molecule has 25 heavy (non-hydrogen) atoms. The van der Waals surface area contributed by atoms with Gasteiger partial charge in [0.15, 0.2) is 0 Å². The molecule has 0 aliphatic carbocycles. The maximum Gasteiger partial charge on any atom is 0.243 e. The molecule has 6 heteroatoms. The summed E-state index contributed by atoms with van der Waals surface area (Å²) in [6.07, 6.45) is 9.18. The topological polar surface area (TPSA) is 76.3 Å². The lowest BCUT2D eigenvalue weighted by molar-refractivity contribution is 0.389. The Kier molecular flexibility index (Phi) is 7.81. The monoisotopic (exact) mass is 363 g/mol. The van der Waals surface area contributed by atoms with Gasteiger partial charge < -0.3 is 5.73 Å². The Balaban J connectivity index is 2.28. The van der Waals surface area contributed by atoms with Gasteiger partial charge in [-0.05, 0) is 37.9 Å². The summed E-state index contributed by atoms with van der Waals surface area (Å²) in [5.41, 5.74) is 5.57. The summed E-state index contributed by atoms with van der Waals surface area (Å²) in [6, 6.07) is 7.14. The predicted octanol–water partition coefficient (Wildman–Crippen LogP) is 3.54. The van der Waals surface area contributed by atoms with Gasteiger partial charge in [0.1, 0.15) is 0 Å². The zero-order valence-electron chi connectivity index (χ0n) is 15.0. The van der Waals surface area contributed by atoms with E-state index in [2.05, 4.69) is 11.9 Å². The van der Waals surface area contributed by atoms with Crippen molar-refractivity contribution >= 4 is 20.8 Å². The van der Waals surface area contributed by atoms with Gasteiger partial charge in [0, 0.05) is 36.3 Å². The number of pyridine rings is 1. The normalized spacial score (nSPS) is 12.1. The third-order valence-electron chi connectivity index (χ3n) is 4.38. The van der Waals surface area contributed by atoms with Crippen LogP contribution >= 0.6 is 0 Å². The molecule has 138 valence electrons. The zero-order valence-corrected chi connectivity index (χ0v) is 15.8. The largest absolute Gasteiger partial charge is 0.330 e. The van der Waals surface area contributed by atoms with Gasteiger partial charge in [-0.1, -0.05) is 38.3 Å². The number of nitrogens with two attached hydrogens (primary N) is 1. The fourth-order valence-electron chi connectivity index (χ4n) is 2.96. The lowest BCUT2D eigenvalue weighted by atomic mass is 10.2. The Bertz CT molecular complexity index is 757. The van der Waals surface area contributed by atoms with E-state index in [1.165, 1.54) is 0 Å². The van der Waals surface area contributed by atoms with Crippen molar-refractivity contribution in [3.63, 3.8) is 0 Å². The average molecular weight is 364 g/mol. The molecule has 0 atom stereocenters. The van der Waals surface area contributed by atoms with Gasteiger partial charge in [-0.2, -0.15) is 4.31 Å². The van der Waals surface area contributed by atoms with Gasteiger partial charge >= 0.3 is 0 Å². The molecular formula is C19H29N3O2S. The number of hydrogen-bond acceptors (Lipinski definition) is 4. The van der Waals surface area contributed by atoms with Gasteiger partial charge in [-0.3, -0.25) is 4.98 Å². The number of rotatable bonds is 11. The molecule has 0 aliphatic rings. The highest BCUT2D eigenvalue weighted by molar-refractivity contribution is 7.89. The van der Waals surface area contributed by atoms with E-state index in [4.69, 9.17) is 5.73 Å². The zero-order chi connectivity index (χ0) is 18.1. The van der Waals surface area contributed by atoms with Crippen molar-refractivity contribution in [3.05, 3.63) is 36.7 Å². The van der Waals surface area contributed by atoms with Crippen LogP contribution in [0.4, 0.5) is 0 Å². The van der Waals surface area contributed by atoms with Crippen LogP contribution < -0.4 is 5.73 Å². The minimum atomic E-state index is -3.53. The fourth-order valence-corrected chi connectivity index (χ4v) is 4.69. The lowest BCUT2D eigenvalue weighted by Crippen LogP contribution is -2.33. The minimum absolute atomic E-state index is 0.371. The second-order valence-electron chi connectivity index (χ2n) is 6.31. The van der Waals surface area contributed by atoms with Gasteiger partial charge in [-0.15, -0.1) is 0 Å². The summed E-state index contributed by atoms with van der Waals surface area (Å²) in [5.74, 6) is 0. The Morgan fingerprint density at radius 2 is 1.80 bits per heavy atom. The summed E-state index contributed by atoms with van der Waals surface area (Å²) < 4.78 is 28.2. The van der Waals surface area contributed by atoms with Crippen LogP contribution in [0.25, 0.3) is 10.8 Å². The number of nitrogens with zero attached hydrogens (tertiary/aromatic N) is 2. The van der Waals surface area contributed by atoms with E-state index in [1.807, 2.05) is 6.07 Å². The van der Waals surface area contributed by atoms with E-state index in [1.54, 1.807) is 34.9 Å². The van der Waals surface area contributed by atoms with Crippen LogP contribution in [-0.4, -0.2) is 37.3 Å². The summed E-state index contributed by atoms with van der Waals surface area (Å²) in [5, 5.41) is 1.58. The molecule has 0 fully saturated rings. The minimum Gasteiger partial charge on any atom is -0.330 e. The number of fused-ring (bicyclic) bond motifs is 1. The van der Waals surface area contributed by atoms with Gasteiger partial charge in [0.25, 0.3) is 0 Å². The van der Waals surface area contributed by atoms with E-state index in [-0.39, 0.29) is 0 Å². The number of unbranched alkanes of at least 4 members (excludes halogenated alkanes) is 4. The molecule has 1 aromatic carbocycles. The van der Waals surface area contributed by atoms with Crippen molar-refractivity contribution in [3.8, 4) is 0 Å². The summed E-state index contributed by atoms with van der Waals surface area (Å²) in [6.45, 7) is 3.82. The molecule has 1 aromatic heterocycles. The van der Waals surface area contributed by atoms with E-state index < -0.39 is 10.0 Å². The first-order valence-corrected chi connectivity index (χ1v) is 10.6. The van der Waals surface area contributed by atoms with Gasteiger partial charge in [-0.25, -0.2) is 8.42 Å². The molecule has 0 saturated carbocycles. The highest BCUT2D eigenvalue weighted by Crippen LogP contribution is 2.25. The van der Waals surface area contributed by atoms with Crippen molar-refractivity contribution in [2.45, 2.75) is 50.3 Å². The highest BCUT2D eigenvalue weighted by atomic mass is 32.2. The first-order valence-electron chi connectivity index (χ1n) is 9.14.